The van der Waals surface area contributed by atoms with Crippen molar-refractivity contribution in [2.75, 3.05) is 11.9 Å². The Labute approximate surface area is 119 Å². The van der Waals surface area contributed by atoms with Crippen LogP contribution in [0, 0.1) is 19.7 Å². The van der Waals surface area contributed by atoms with Crippen LogP contribution in [0.4, 0.5) is 15.8 Å². The Morgan fingerprint density at radius 1 is 1.10 bits per heavy atom. The molecule has 0 saturated heterocycles. The summed E-state index contributed by atoms with van der Waals surface area (Å²) in [6, 6.07) is 11.0. The summed E-state index contributed by atoms with van der Waals surface area (Å²) >= 11 is 0. The largest absolute Gasteiger partial charge is 0.389 e. The van der Waals surface area contributed by atoms with Crippen molar-refractivity contribution in [1.29, 1.82) is 0 Å². The number of aryl methyl sites for hydroxylation is 2. The first-order valence-electron chi connectivity index (χ1n) is 6.69. The van der Waals surface area contributed by atoms with Crippen LogP contribution in [-0.4, -0.2) is 12.2 Å². The molecule has 0 fully saturated rings. The number of aliphatic hydroxyl groups is 1. The lowest BCUT2D eigenvalue weighted by molar-refractivity contribution is 0.194. The van der Waals surface area contributed by atoms with E-state index >= 15 is 0 Å². The minimum Gasteiger partial charge on any atom is -0.389 e. The molecule has 0 aliphatic heterocycles. The fourth-order valence-corrected chi connectivity index (χ4v) is 2.54. The van der Waals surface area contributed by atoms with Crippen LogP contribution >= 0.6 is 0 Å². The van der Waals surface area contributed by atoms with Gasteiger partial charge in [0.1, 0.15) is 5.82 Å². The number of halogens is 1. The Balaban J connectivity index is 2.53. The lowest BCUT2D eigenvalue weighted by atomic mass is 10.0. The van der Waals surface area contributed by atoms with Gasteiger partial charge in [-0.05, 0) is 44.5 Å². The van der Waals surface area contributed by atoms with Crippen molar-refractivity contribution >= 4 is 11.4 Å². The molecule has 20 heavy (non-hydrogen) atoms. The van der Waals surface area contributed by atoms with Gasteiger partial charge in [0.25, 0.3) is 0 Å². The summed E-state index contributed by atoms with van der Waals surface area (Å²) in [5, 5.41) is 9.83. The van der Waals surface area contributed by atoms with Crippen LogP contribution in [-0.2, 0) is 0 Å². The zero-order valence-corrected chi connectivity index (χ0v) is 12.3. The van der Waals surface area contributed by atoms with Crippen LogP contribution < -0.4 is 4.90 Å². The number of rotatable bonds is 3. The second-order valence-electron chi connectivity index (χ2n) is 5.20. The molecule has 0 amide bonds. The first-order valence-corrected chi connectivity index (χ1v) is 6.69. The molecule has 2 nitrogen and oxygen atoms in total. The fraction of sp³-hybridized carbons (Fsp3) is 0.294. The summed E-state index contributed by atoms with van der Waals surface area (Å²) in [5.74, 6) is -0.380. The topological polar surface area (TPSA) is 23.5 Å². The monoisotopic (exact) mass is 273 g/mol. The van der Waals surface area contributed by atoms with Crippen LogP contribution in [0.15, 0.2) is 36.4 Å². The average molecular weight is 273 g/mol. The van der Waals surface area contributed by atoms with E-state index in [2.05, 4.69) is 6.07 Å². The maximum absolute atomic E-state index is 14.0. The molecule has 2 rings (SSSR count). The first-order chi connectivity index (χ1) is 9.41. The smallest absolute Gasteiger partial charge is 0.131 e. The summed E-state index contributed by atoms with van der Waals surface area (Å²) in [4.78, 5) is 1.92. The summed E-state index contributed by atoms with van der Waals surface area (Å²) in [5.41, 5.74) is 4.33. The van der Waals surface area contributed by atoms with Crippen molar-refractivity contribution < 1.29 is 9.50 Å². The molecule has 0 saturated carbocycles. The highest BCUT2D eigenvalue weighted by atomic mass is 19.1. The predicted octanol–water partition coefficient (Wildman–Crippen LogP) is 4.26. The number of nitrogens with zero attached hydrogens (tertiary/aromatic N) is 1. The van der Waals surface area contributed by atoms with E-state index in [-0.39, 0.29) is 5.82 Å². The van der Waals surface area contributed by atoms with Crippen molar-refractivity contribution in [1.82, 2.24) is 0 Å². The Bertz CT molecular complexity index is 622. The van der Waals surface area contributed by atoms with E-state index in [1.54, 1.807) is 13.0 Å². The molecular formula is C17H20FNO. The minimum atomic E-state index is -0.848. The van der Waals surface area contributed by atoms with Crippen LogP contribution in [0.3, 0.4) is 0 Å². The molecule has 106 valence electrons. The van der Waals surface area contributed by atoms with Gasteiger partial charge in [0.15, 0.2) is 0 Å². The quantitative estimate of drug-likeness (QED) is 0.903. The van der Waals surface area contributed by atoms with E-state index in [0.29, 0.717) is 11.3 Å². The highest BCUT2D eigenvalue weighted by molar-refractivity contribution is 5.69. The summed E-state index contributed by atoms with van der Waals surface area (Å²) < 4.78 is 14.0. The fourth-order valence-electron chi connectivity index (χ4n) is 2.54. The molecule has 1 atom stereocenters. The lowest BCUT2D eigenvalue weighted by Gasteiger charge is -2.25. The molecule has 0 heterocycles. The van der Waals surface area contributed by atoms with Gasteiger partial charge in [0, 0.05) is 24.0 Å². The van der Waals surface area contributed by atoms with Gasteiger partial charge in [-0.15, -0.1) is 0 Å². The zero-order valence-electron chi connectivity index (χ0n) is 12.3. The van der Waals surface area contributed by atoms with Crippen molar-refractivity contribution in [2.45, 2.75) is 26.9 Å². The van der Waals surface area contributed by atoms with Crippen molar-refractivity contribution in [3.8, 4) is 0 Å². The molecule has 0 radical (unpaired) electrons. The normalized spacial score (nSPS) is 12.3. The first kappa shape index (κ1) is 14.5. The molecule has 1 N–H and O–H groups in total. The Morgan fingerprint density at radius 2 is 1.80 bits per heavy atom. The molecule has 0 aliphatic rings. The van der Waals surface area contributed by atoms with Gasteiger partial charge >= 0.3 is 0 Å². The van der Waals surface area contributed by atoms with Crippen molar-refractivity contribution in [3.63, 3.8) is 0 Å². The van der Waals surface area contributed by atoms with Crippen molar-refractivity contribution in [3.05, 3.63) is 58.9 Å². The third-order valence-electron chi connectivity index (χ3n) is 3.52. The molecule has 0 bridgehead atoms. The van der Waals surface area contributed by atoms with Gasteiger partial charge in [0.2, 0.25) is 0 Å². The van der Waals surface area contributed by atoms with Crippen LogP contribution in [0.1, 0.15) is 29.7 Å². The Kier molecular flexibility index (Phi) is 4.09. The molecule has 0 aliphatic carbocycles. The molecule has 0 spiro atoms. The second kappa shape index (κ2) is 5.63. The van der Waals surface area contributed by atoms with Crippen LogP contribution in [0.25, 0.3) is 0 Å². The van der Waals surface area contributed by atoms with Gasteiger partial charge in [0.05, 0.1) is 6.10 Å². The number of benzene rings is 2. The van der Waals surface area contributed by atoms with Gasteiger partial charge in [-0.1, -0.05) is 23.8 Å². The maximum Gasteiger partial charge on any atom is 0.131 e. The molecule has 0 aromatic heterocycles. The maximum atomic E-state index is 14.0. The van der Waals surface area contributed by atoms with Crippen molar-refractivity contribution in [2.24, 2.45) is 0 Å². The molecule has 0 unspecified atom stereocenters. The highest BCUT2D eigenvalue weighted by Gasteiger charge is 2.17. The zero-order chi connectivity index (χ0) is 14.9. The molecule has 3 heteroatoms. The average Bonchev–Trinajstić information content (AvgIpc) is 2.37. The molecule has 2 aromatic carbocycles. The standard InChI is InChI=1S/C17H20FNO/c1-11-8-9-15(12(2)10-11)19(4)16-7-5-6-14(18)17(16)13(3)20/h5-10,13,20H,1-4H3/t13-/m1/s1. The van der Waals surface area contributed by atoms with E-state index < -0.39 is 6.10 Å². The number of aliphatic hydroxyl groups excluding tert-OH is 1. The van der Waals surface area contributed by atoms with E-state index in [1.165, 1.54) is 11.6 Å². The third-order valence-corrected chi connectivity index (χ3v) is 3.52. The predicted molar refractivity (Wildman–Crippen MR) is 81.0 cm³/mol. The number of hydrogen-bond donors (Lipinski definition) is 1. The molecule has 2 aromatic rings. The van der Waals surface area contributed by atoms with Gasteiger partial charge in [-0.25, -0.2) is 4.39 Å². The van der Waals surface area contributed by atoms with Gasteiger partial charge < -0.3 is 10.0 Å². The minimum absolute atomic E-state index is 0.329. The Hall–Kier alpha value is -1.87. The lowest BCUT2D eigenvalue weighted by Crippen LogP contribution is -2.15. The van der Waals surface area contributed by atoms with Crippen LogP contribution in [0.2, 0.25) is 0 Å². The summed E-state index contributed by atoms with van der Waals surface area (Å²) in [6.07, 6.45) is -0.848. The summed E-state index contributed by atoms with van der Waals surface area (Å²) in [7, 11) is 1.89. The Morgan fingerprint density at radius 3 is 2.40 bits per heavy atom. The van der Waals surface area contributed by atoms with Crippen LogP contribution in [0.5, 0.6) is 0 Å². The SMILES string of the molecule is Cc1ccc(N(C)c2cccc(F)c2[C@@H](C)O)c(C)c1. The second-order valence-corrected chi connectivity index (χ2v) is 5.20. The summed E-state index contributed by atoms with van der Waals surface area (Å²) in [6.45, 7) is 5.65. The highest BCUT2D eigenvalue weighted by Crippen LogP contribution is 2.34. The number of hydrogen-bond acceptors (Lipinski definition) is 2. The van der Waals surface area contributed by atoms with E-state index in [4.69, 9.17) is 0 Å². The van der Waals surface area contributed by atoms with Gasteiger partial charge in [-0.2, -0.15) is 0 Å². The molecular weight excluding hydrogens is 253 g/mol. The van der Waals surface area contributed by atoms with E-state index in [1.807, 2.05) is 44.0 Å². The van der Waals surface area contributed by atoms with E-state index in [0.717, 1.165) is 11.3 Å². The third kappa shape index (κ3) is 2.68. The van der Waals surface area contributed by atoms with E-state index in [9.17, 15) is 9.50 Å². The van der Waals surface area contributed by atoms with Gasteiger partial charge in [-0.3, -0.25) is 0 Å². The number of anilines is 2.